The number of aryl methyl sites for hydroxylation is 1. The Morgan fingerprint density at radius 1 is 1.40 bits per heavy atom. The number of halogens is 1. The number of hydrogen-bond donors (Lipinski definition) is 1. The highest BCUT2D eigenvalue weighted by Crippen LogP contribution is 2.18. The van der Waals surface area contributed by atoms with Crippen molar-refractivity contribution in [1.82, 2.24) is 20.4 Å². The number of carbonyl (C=O) groups excluding carboxylic acids is 1. The van der Waals surface area contributed by atoms with Crippen molar-refractivity contribution in [2.75, 3.05) is 26.2 Å². The predicted molar refractivity (Wildman–Crippen MR) is 77.2 cm³/mol. The minimum absolute atomic E-state index is 0. The maximum Gasteiger partial charge on any atom is 0.257 e. The van der Waals surface area contributed by atoms with E-state index in [4.69, 9.17) is 4.52 Å². The van der Waals surface area contributed by atoms with Crippen molar-refractivity contribution in [3.63, 3.8) is 0 Å². The van der Waals surface area contributed by atoms with Gasteiger partial charge >= 0.3 is 0 Å². The lowest BCUT2D eigenvalue weighted by molar-refractivity contribution is 0.0766. The Balaban J connectivity index is 0.00000147. The van der Waals surface area contributed by atoms with Crippen LogP contribution >= 0.6 is 12.4 Å². The van der Waals surface area contributed by atoms with E-state index < -0.39 is 0 Å². The molecule has 0 aliphatic carbocycles. The van der Waals surface area contributed by atoms with Crippen LogP contribution in [0.25, 0.3) is 11.1 Å². The number of hydrogen-bond acceptors (Lipinski definition) is 5. The molecule has 1 aliphatic heterocycles. The average molecular weight is 297 g/mol. The molecule has 0 unspecified atom stereocenters. The fraction of sp³-hybridized carbons (Fsp3) is 0.462. The Kier molecular flexibility index (Phi) is 4.57. The minimum atomic E-state index is 0. The third-order valence-corrected chi connectivity index (χ3v) is 3.38. The summed E-state index contributed by atoms with van der Waals surface area (Å²) in [5.41, 5.74) is 1.84. The molecule has 20 heavy (non-hydrogen) atoms. The molecular formula is C13H17ClN4O2. The van der Waals surface area contributed by atoms with Crippen molar-refractivity contribution in [3.8, 4) is 0 Å². The van der Waals surface area contributed by atoms with E-state index in [-0.39, 0.29) is 18.3 Å². The van der Waals surface area contributed by atoms with Gasteiger partial charge in [-0.25, -0.2) is 4.98 Å². The van der Waals surface area contributed by atoms with Crippen LogP contribution in [0, 0.1) is 6.92 Å². The second kappa shape index (κ2) is 6.19. The molecular weight excluding hydrogens is 280 g/mol. The number of rotatable bonds is 1. The van der Waals surface area contributed by atoms with Crippen LogP contribution in [0.15, 0.2) is 16.8 Å². The Bertz CT molecular complexity index is 605. The molecule has 0 saturated carbocycles. The summed E-state index contributed by atoms with van der Waals surface area (Å²) in [6, 6.07) is 1.81. The van der Waals surface area contributed by atoms with Crippen molar-refractivity contribution < 1.29 is 9.32 Å². The number of pyridine rings is 1. The largest absolute Gasteiger partial charge is 0.337 e. The molecule has 1 fully saturated rings. The molecule has 7 heteroatoms. The maximum absolute atomic E-state index is 12.4. The molecule has 2 aromatic rings. The Morgan fingerprint density at radius 2 is 2.25 bits per heavy atom. The van der Waals surface area contributed by atoms with Crippen LogP contribution in [0.1, 0.15) is 22.5 Å². The first-order chi connectivity index (χ1) is 9.25. The van der Waals surface area contributed by atoms with Gasteiger partial charge in [0.2, 0.25) is 0 Å². The van der Waals surface area contributed by atoms with Crippen molar-refractivity contribution in [3.05, 3.63) is 23.5 Å². The van der Waals surface area contributed by atoms with Crippen molar-refractivity contribution in [2.45, 2.75) is 13.3 Å². The molecule has 0 aromatic carbocycles. The number of carbonyl (C=O) groups is 1. The Hall–Kier alpha value is -1.66. The van der Waals surface area contributed by atoms with Gasteiger partial charge < -0.3 is 14.7 Å². The molecule has 3 rings (SSSR count). The molecule has 0 spiro atoms. The summed E-state index contributed by atoms with van der Waals surface area (Å²) in [6.07, 6.45) is 2.54. The topological polar surface area (TPSA) is 71.3 Å². The van der Waals surface area contributed by atoms with Crippen LogP contribution in [0.4, 0.5) is 0 Å². The number of nitrogens with one attached hydrogen (secondary N) is 1. The van der Waals surface area contributed by atoms with E-state index in [2.05, 4.69) is 15.5 Å². The zero-order valence-corrected chi connectivity index (χ0v) is 12.1. The molecule has 1 amide bonds. The second-order valence-electron chi connectivity index (χ2n) is 4.74. The minimum Gasteiger partial charge on any atom is -0.337 e. The lowest BCUT2D eigenvalue weighted by atomic mass is 10.2. The van der Waals surface area contributed by atoms with Gasteiger partial charge in [-0.2, -0.15) is 0 Å². The first-order valence-corrected chi connectivity index (χ1v) is 6.48. The normalized spacial score (nSPS) is 15.8. The van der Waals surface area contributed by atoms with Gasteiger partial charge in [-0.1, -0.05) is 5.16 Å². The van der Waals surface area contributed by atoms with E-state index in [1.165, 1.54) is 0 Å². The van der Waals surface area contributed by atoms with Gasteiger partial charge in [0.05, 0.1) is 16.6 Å². The quantitative estimate of drug-likeness (QED) is 0.861. The highest BCUT2D eigenvalue weighted by atomic mass is 35.5. The van der Waals surface area contributed by atoms with Gasteiger partial charge in [0.25, 0.3) is 11.6 Å². The summed E-state index contributed by atoms with van der Waals surface area (Å²) in [7, 11) is 0. The van der Waals surface area contributed by atoms with Gasteiger partial charge in [-0.3, -0.25) is 4.79 Å². The van der Waals surface area contributed by atoms with E-state index in [1.807, 2.05) is 17.9 Å². The fourth-order valence-corrected chi connectivity index (χ4v) is 2.29. The van der Waals surface area contributed by atoms with Gasteiger partial charge in [0.15, 0.2) is 0 Å². The SMILES string of the molecule is Cc1noc2ncc(C(=O)N3CCCNCC3)cc12.Cl. The van der Waals surface area contributed by atoms with Crippen LogP contribution in [0.5, 0.6) is 0 Å². The van der Waals surface area contributed by atoms with Crippen molar-refractivity contribution in [2.24, 2.45) is 0 Å². The monoisotopic (exact) mass is 296 g/mol. The zero-order chi connectivity index (χ0) is 13.2. The number of nitrogens with zero attached hydrogens (tertiary/aromatic N) is 3. The van der Waals surface area contributed by atoms with Crippen molar-refractivity contribution >= 4 is 29.4 Å². The third kappa shape index (κ3) is 2.76. The van der Waals surface area contributed by atoms with Crippen LogP contribution in [-0.4, -0.2) is 47.1 Å². The van der Waals surface area contributed by atoms with Gasteiger partial charge in [0.1, 0.15) is 0 Å². The number of fused-ring (bicyclic) bond motifs is 1. The summed E-state index contributed by atoms with van der Waals surface area (Å²) >= 11 is 0. The highest BCUT2D eigenvalue weighted by Gasteiger charge is 2.18. The Labute approximate surface area is 122 Å². The van der Waals surface area contributed by atoms with E-state index in [0.717, 1.165) is 43.7 Å². The maximum atomic E-state index is 12.4. The highest BCUT2D eigenvalue weighted by molar-refractivity contribution is 5.97. The molecule has 0 radical (unpaired) electrons. The average Bonchev–Trinajstić information content (AvgIpc) is 2.67. The summed E-state index contributed by atoms with van der Waals surface area (Å²) < 4.78 is 5.05. The molecule has 1 N–H and O–H groups in total. The second-order valence-corrected chi connectivity index (χ2v) is 4.74. The third-order valence-electron chi connectivity index (χ3n) is 3.38. The van der Waals surface area contributed by atoms with Crippen LogP contribution in [-0.2, 0) is 0 Å². The summed E-state index contributed by atoms with van der Waals surface area (Å²) in [5, 5.41) is 7.94. The van der Waals surface area contributed by atoms with E-state index >= 15 is 0 Å². The molecule has 0 bridgehead atoms. The summed E-state index contributed by atoms with van der Waals surface area (Å²) in [6.45, 7) is 5.17. The van der Waals surface area contributed by atoms with Gasteiger partial charge in [-0.15, -0.1) is 12.4 Å². The smallest absolute Gasteiger partial charge is 0.257 e. The van der Waals surface area contributed by atoms with Crippen LogP contribution < -0.4 is 5.32 Å². The molecule has 1 saturated heterocycles. The lowest BCUT2D eigenvalue weighted by Crippen LogP contribution is -2.34. The van der Waals surface area contributed by atoms with Crippen LogP contribution in [0.3, 0.4) is 0 Å². The Morgan fingerprint density at radius 3 is 3.10 bits per heavy atom. The van der Waals surface area contributed by atoms with Gasteiger partial charge in [0, 0.05) is 25.8 Å². The standard InChI is InChI=1S/C13H16N4O2.ClH/c1-9-11-7-10(8-15-12(11)19-16-9)13(18)17-5-2-3-14-4-6-17;/h7-8,14H,2-6H2,1H3;1H. The van der Waals surface area contributed by atoms with E-state index in [9.17, 15) is 4.79 Å². The zero-order valence-electron chi connectivity index (χ0n) is 11.3. The van der Waals surface area contributed by atoms with E-state index in [0.29, 0.717) is 11.3 Å². The molecule has 6 nitrogen and oxygen atoms in total. The first-order valence-electron chi connectivity index (χ1n) is 6.48. The van der Waals surface area contributed by atoms with E-state index in [1.54, 1.807) is 6.20 Å². The molecule has 3 heterocycles. The number of aromatic nitrogens is 2. The summed E-state index contributed by atoms with van der Waals surface area (Å²) in [5.74, 6) is 0.0266. The first kappa shape index (κ1) is 14.7. The predicted octanol–water partition coefficient (Wildman–Crippen LogP) is 1.39. The van der Waals surface area contributed by atoms with Crippen LogP contribution in [0.2, 0.25) is 0 Å². The molecule has 2 aromatic heterocycles. The number of amides is 1. The molecule has 108 valence electrons. The fourth-order valence-electron chi connectivity index (χ4n) is 2.29. The lowest BCUT2D eigenvalue weighted by Gasteiger charge is -2.19. The van der Waals surface area contributed by atoms with Crippen molar-refractivity contribution in [1.29, 1.82) is 0 Å². The molecule has 1 aliphatic rings. The summed E-state index contributed by atoms with van der Waals surface area (Å²) in [4.78, 5) is 18.5. The van der Waals surface area contributed by atoms with Gasteiger partial charge in [-0.05, 0) is 26.0 Å². The molecule has 0 atom stereocenters.